The summed E-state index contributed by atoms with van der Waals surface area (Å²) >= 11 is 0. The minimum atomic E-state index is -2.36. The maximum atomic E-state index is 13.7. The van der Waals surface area contributed by atoms with Gasteiger partial charge in [0.05, 0.1) is 46.2 Å². The van der Waals surface area contributed by atoms with Crippen molar-refractivity contribution in [2.24, 2.45) is 0 Å². The third kappa shape index (κ3) is 20.4. The average molecular weight is 1630 g/mol. The summed E-state index contributed by atoms with van der Waals surface area (Å²) in [5.41, 5.74) is 0. The van der Waals surface area contributed by atoms with Crippen molar-refractivity contribution in [1.29, 1.82) is 0 Å². The van der Waals surface area contributed by atoms with Crippen LogP contribution in [0.25, 0.3) is 0 Å². The molecule has 21 aliphatic rings. The fourth-order valence-corrected chi connectivity index (χ4v) is 12.8. The van der Waals surface area contributed by atoms with E-state index in [1.807, 2.05) is 0 Å². The van der Waals surface area contributed by atoms with Crippen LogP contribution in [0.3, 0.4) is 0 Å². The molecule has 0 aromatic rings. The molecule has 21 aliphatic heterocycles. The lowest BCUT2D eigenvalue weighted by Crippen LogP contribution is -2.69. The molecule has 0 aromatic carbocycles. The smallest absolute Gasteiger partial charge is 0.409 e. The Morgan fingerprint density at radius 3 is 0.384 bits per heavy atom. The molecule has 7 amide bonds. The quantitative estimate of drug-likeness (QED) is 0.0718. The Hall–Kier alpha value is -6.23. The SMILES string of the molecule is CN(C)C(=O)OC1C2OC(CO)C(OC3OC(CO)C(OC4OC(CO)C(OC5OC(CO)C(OC6OC(CO)C(OC7OC(CO)C(OC8OC(CO)C(O2)C(O)C8OC(=O)N(C)C)C(O)C7OC(=O)N(C)C)C(O)C6OC(=O)N(C)C)C(O)C5OC(=O)N(C)C)C(O)C4OC(=O)N(C)C)C(O)C3OC(=O)N(C)C)C1O. The molecule has 14 bridgehead atoms. The normalized spacial score (nSPS) is 41.1. The topological polar surface area (TPSA) is 619 Å². The Labute approximate surface area is 639 Å². The predicted octanol–water partition coefficient (Wildman–Crippen LogP) is -10.3. The second-order valence-electron chi connectivity index (χ2n) is 28.4. The van der Waals surface area contributed by atoms with Gasteiger partial charge in [0.15, 0.2) is 86.8 Å². The number of aliphatic hydroxyl groups excluding tert-OH is 14. The van der Waals surface area contributed by atoms with Crippen molar-refractivity contribution in [1.82, 2.24) is 34.3 Å². The summed E-state index contributed by atoms with van der Waals surface area (Å²) in [6, 6.07) is 0. The molecule has 0 aliphatic carbocycles. The van der Waals surface area contributed by atoms with E-state index in [4.69, 9.17) is 99.5 Å². The number of nitrogens with zero attached hydrogens (tertiary/aromatic N) is 7. The molecule has 0 radical (unpaired) electrons. The molecule has 0 spiro atoms. The van der Waals surface area contributed by atoms with E-state index in [2.05, 4.69) is 0 Å². The molecule has 21 heterocycles. The number of hydrogen-bond acceptors (Lipinski definition) is 42. The van der Waals surface area contributed by atoms with Crippen LogP contribution in [0.4, 0.5) is 33.6 Å². The van der Waals surface area contributed by atoms with Gasteiger partial charge in [0.1, 0.15) is 128 Å². The standard InChI is InChI=1S/C63H105N7O42/c1-64(2)57(85)106-43-29(78)36-22(15-71)92-50(43)99-37-23(16-72)93-52(44(30(37)79)107-58(86)65(3)4)101-39-25(18-74)95-54(46(32(39)81)109-60(88)67(7)8)103-41-27(20-76)97-56(48(34(41)83)111-62(90)69(11)12)105-42-28(21-77)98-55(49(35(42)84)112-63(91)70(13)14)104-40-26(19-75)96-53(47(33(40)82)110-61(89)68(9)10)102-38-24(17-73)94-51(100-36)45(31(38)80)108-59(87)66(5)6/h22-56,71-84H,15-21H2,1-14H3. The fraction of sp³-hybridized carbons (Fsp3) is 0.889. The van der Waals surface area contributed by atoms with Gasteiger partial charge >= 0.3 is 42.7 Å². The van der Waals surface area contributed by atoms with Crippen molar-refractivity contribution < 1.29 is 205 Å². The highest BCUT2D eigenvalue weighted by Crippen LogP contribution is 2.42. The maximum absolute atomic E-state index is 13.7. The molecule has 112 heavy (non-hydrogen) atoms. The molecule has 21 fully saturated rings. The van der Waals surface area contributed by atoms with Gasteiger partial charge in [-0.05, 0) is 0 Å². The summed E-state index contributed by atoms with van der Waals surface area (Å²) in [6.07, 6.45) is -85.1. The number of ether oxygens (including phenoxy) is 21. The third-order valence-corrected chi connectivity index (χ3v) is 18.8. The molecule has 35 unspecified atom stereocenters. The van der Waals surface area contributed by atoms with Crippen molar-refractivity contribution in [3.63, 3.8) is 0 Å². The molecule has 14 N–H and O–H groups in total. The Morgan fingerprint density at radius 1 is 0.205 bits per heavy atom. The summed E-state index contributed by atoms with van der Waals surface area (Å²) in [7, 11) is 16.9. The lowest BCUT2D eigenvalue weighted by Gasteiger charge is -2.51. The van der Waals surface area contributed by atoms with Gasteiger partial charge in [0.25, 0.3) is 0 Å². The van der Waals surface area contributed by atoms with Crippen LogP contribution < -0.4 is 0 Å². The summed E-state index contributed by atoms with van der Waals surface area (Å²) in [5.74, 6) is 0. The number of hydrogen-bond donors (Lipinski definition) is 14. The second-order valence-corrected chi connectivity index (χ2v) is 28.4. The first-order valence-electron chi connectivity index (χ1n) is 35.1. The minimum absolute atomic E-state index is 0.859. The Bertz CT molecular complexity index is 2530. The zero-order valence-electron chi connectivity index (χ0n) is 63.5. The Kier molecular flexibility index (Phi) is 32.3. The molecule has 49 heteroatoms. The number of carbonyl (C=O) groups excluding carboxylic acids is 7. The first kappa shape index (κ1) is 91.3. The van der Waals surface area contributed by atoms with Gasteiger partial charge in [0.2, 0.25) is 0 Å². The molecule has 0 aromatic heterocycles. The van der Waals surface area contributed by atoms with Gasteiger partial charge in [-0.15, -0.1) is 0 Å². The Morgan fingerprint density at radius 2 is 0.304 bits per heavy atom. The monoisotopic (exact) mass is 1630 g/mol. The van der Waals surface area contributed by atoms with Crippen LogP contribution >= 0.6 is 0 Å². The lowest BCUT2D eigenvalue weighted by atomic mass is 9.95. The maximum Gasteiger partial charge on any atom is 0.409 e. The van der Waals surface area contributed by atoms with Crippen molar-refractivity contribution >= 4 is 42.7 Å². The van der Waals surface area contributed by atoms with Crippen LogP contribution in [0.5, 0.6) is 0 Å². The first-order valence-corrected chi connectivity index (χ1v) is 35.1. The summed E-state index contributed by atoms with van der Waals surface area (Å²) in [4.78, 5) is 102. The zero-order valence-corrected chi connectivity index (χ0v) is 63.5. The van der Waals surface area contributed by atoms with Gasteiger partial charge in [-0.25, -0.2) is 33.6 Å². The van der Waals surface area contributed by atoms with Crippen LogP contribution in [-0.4, -0.2) is 508 Å². The molecular formula is C63H105N7O42. The third-order valence-electron chi connectivity index (χ3n) is 18.8. The van der Waals surface area contributed by atoms with E-state index < -0.39 is 304 Å². The number of carbonyl (C=O) groups is 7. The van der Waals surface area contributed by atoms with Gasteiger partial charge in [-0.2, -0.15) is 0 Å². The number of amides is 7. The highest BCUT2D eigenvalue weighted by molar-refractivity contribution is 5.69. The molecule has 644 valence electrons. The Balaban J connectivity index is 1.30. The molecule has 49 nitrogen and oxygen atoms in total. The van der Waals surface area contributed by atoms with E-state index in [-0.39, 0.29) is 0 Å². The highest BCUT2D eigenvalue weighted by Gasteiger charge is 2.63. The number of rotatable bonds is 14. The van der Waals surface area contributed by atoms with Crippen LogP contribution in [0.2, 0.25) is 0 Å². The molecule has 0 saturated carbocycles. The van der Waals surface area contributed by atoms with E-state index in [1.165, 1.54) is 98.7 Å². The summed E-state index contributed by atoms with van der Waals surface area (Å²) in [6.45, 7) is -8.42. The zero-order chi connectivity index (χ0) is 83.1. The molecule has 21 saturated heterocycles. The lowest BCUT2D eigenvalue weighted by molar-refractivity contribution is -0.395. The predicted molar refractivity (Wildman–Crippen MR) is 354 cm³/mol. The van der Waals surface area contributed by atoms with Crippen LogP contribution in [-0.2, 0) is 99.5 Å². The second kappa shape index (κ2) is 39.6. The van der Waals surface area contributed by atoms with E-state index in [0.29, 0.717) is 0 Å². The van der Waals surface area contributed by atoms with Crippen molar-refractivity contribution in [3.05, 3.63) is 0 Å². The molecule has 35 atom stereocenters. The van der Waals surface area contributed by atoms with Crippen molar-refractivity contribution in [2.75, 3.05) is 145 Å². The van der Waals surface area contributed by atoms with Crippen LogP contribution in [0.15, 0.2) is 0 Å². The molecular weight excluding hydrogens is 1530 g/mol. The van der Waals surface area contributed by atoms with Crippen LogP contribution in [0, 0.1) is 0 Å². The van der Waals surface area contributed by atoms with Gasteiger partial charge in [-0.1, -0.05) is 0 Å². The fourth-order valence-electron chi connectivity index (χ4n) is 12.8. The first-order chi connectivity index (χ1) is 52.8. The van der Waals surface area contributed by atoms with Crippen molar-refractivity contribution in [2.45, 2.75) is 215 Å². The number of aliphatic hydroxyl groups is 14. The van der Waals surface area contributed by atoms with Crippen molar-refractivity contribution in [3.8, 4) is 0 Å². The van der Waals surface area contributed by atoms with E-state index in [0.717, 1.165) is 34.3 Å². The summed E-state index contributed by atoms with van der Waals surface area (Å²) in [5, 5.41) is 166. The van der Waals surface area contributed by atoms with Gasteiger partial charge < -0.3 is 205 Å². The highest BCUT2D eigenvalue weighted by atomic mass is 16.8. The van der Waals surface area contributed by atoms with Gasteiger partial charge in [0, 0.05) is 98.7 Å². The largest absolute Gasteiger partial charge is 0.438 e. The average Bonchev–Trinajstić information content (AvgIpc) is 0.770. The van der Waals surface area contributed by atoms with Crippen LogP contribution in [0.1, 0.15) is 0 Å². The van der Waals surface area contributed by atoms with Gasteiger partial charge in [-0.3, -0.25) is 0 Å². The summed E-state index contributed by atoms with van der Waals surface area (Å²) < 4.78 is 127. The minimum Gasteiger partial charge on any atom is -0.438 e. The van der Waals surface area contributed by atoms with E-state index in [1.54, 1.807) is 0 Å². The van der Waals surface area contributed by atoms with E-state index >= 15 is 0 Å². The van der Waals surface area contributed by atoms with E-state index in [9.17, 15) is 105 Å². The molecule has 21 rings (SSSR count).